The second-order valence-corrected chi connectivity index (χ2v) is 2.27. The van der Waals surface area contributed by atoms with E-state index in [1.807, 2.05) is 0 Å². The van der Waals surface area contributed by atoms with Crippen LogP contribution < -0.4 is 0 Å². The van der Waals surface area contributed by atoms with Crippen LogP contribution in [0.3, 0.4) is 0 Å². The third kappa shape index (κ3) is 2.47. The van der Waals surface area contributed by atoms with Crippen LogP contribution >= 0.6 is 15.9 Å². The fourth-order valence-electron chi connectivity index (χ4n) is 0.396. The summed E-state index contributed by atoms with van der Waals surface area (Å²) in [6.07, 6.45) is 5.15. The van der Waals surface area contributed by atoms with Crippen molar-refractivity contribution in [2.45, 2.75) is 0 Å². The summed E-state index contributed by atoms with van der Waals surface area (Å²) < 4.78 is 0.924. The van der Waals surface area contributed by atoms with Crippen LogP contribution in [0.4, 0.5) is 0 Å². The van der Waals surface area contributed by atoms with Crippen molar-refractivity contribution in [1.29, 1.82) is 0 Å². The van der Waals surface area contributed by atoms with E-state index in [-0.39, 0.29) is 0 Å². The highest BCUT2D eigenvalue weighted by molar-refractivity contribution is 9.11. The fourth-order valence-corrected chi connectivity index (χ4v) is 0.720. The molecular formula is C8H9Br. The van der Waals surface area contributed by atoms with Crippen LogP contribution in [0.2, 0.25) is 0 Å². The van der Waals surface area contributed by atoms with Crippen LogP contribution in [0.15, 0.2) is 48.0 Å². The summed E-state index contributed by atoms with van der Waals surface area (Å²) in [6.45, 7) is 10.8. The summed E-state index contributed by atoms with van der Waals surface area (Å²) >= 11 is 3.28. The van der Waals surface area contributed by atoms with E-state index >= 15 is 0 Å². The Hall–Kier alpha value is -0.560. The topological polar surface area (TPSA) is 0 Å². The van der Waals surface area contributed by atoms with Crippen LogP contribution in [0.25, 0.3) is 0 Å². The monoisotopic (exact) mass is 184 g/mol. The van der Waals surface area contributed by atoms with Gasteiger partial charge in [0, 0.05) is 4.48 Å². The van der Waals surface area contributed by atoms with E-state index in [0.29, 0.717) is 0 Å². The number of rotatable bonds is 3. The molecule has 0 spiro atoms. The zero-order chi connectivity index (χ0) is 7.28. The van der Waals surface area contributed by atoms with Gasteiger partial charge in [-0.1, -0.05) is 53.9 Å². The Bertz CT molecular complexity index is 153. The maximum absolute atomic E-state index is 3.59. The molecular weight excluding hydrogens is 176 g/mol. The molecule has 0 aliphatic heterocycles. The Kier molecular flexibility index (Phi) is 4.06. The molecule has 0 aromatic carbocycles. The minimum Gasteiger partial charge on any atom is -0.0984 e. The summed E-state index contributed by atoms with van der Waals surface area (Å²) in [6, 6.07) is 0. The molecule has 0 saturated carbocycles. The molecule has 0 amide bonds. The lowest BCUT2D eigenvalue weighted by Gasteiger charge is -1.92. The normalized spacial score (nSPS) is 7.67. The lowest BCUT2D eigenvalue weighted by Crippen LogP contribution is -1.70. The molecule has 0 nitrogen and oxygen atoms in total. The van der Waals surface area contributed by atoms with Gasteiger partial charge in [-0.3, -0.25) is 0 Å². The van der Waals surface area contributed by atoms with Gasteiger partial charge in [0.05, 0.1) is 0 Å². The Balaban J connectivity index is 4.56. The Morgan fingerprint density at radius 1 is 1.00 bits per heavy atom. The average Bonchev–Trinajstić information content (AvgIpc) is 1.90. The molecule has 0 saturated heterocycles. The molecule has 0 heterocycles. The summed E-state index contributed by atoms with van der Waals surface area (Å²) in [4.78, 5) is 0. The Labute approximate surface area is 64.4 Å². The third-order valence-corrected chi connectivity index (χ3v) is 1.68. The second kappa shape index (κ2) is 4.33. The van der Waals surface area contributed by atoms with Gasteiger partial charge in [0.25, 0.3) is 0 Å². The molecule has 0 aromatic rings. The summed E-state index contributed by atoms with van der Waals surface area (Å²) in [5.41, 5.74) is 0.963. The number of allylic oxidation sites excluding steroid dienone is 5. The van der Waals surface area contributed by atoms with Crippen LogP contribution in [-0.4, -0.2) is 0 Å². The van der Waals surface area contributed by atoms with Gasteiger partial charge in [0.2, 0.25) is 0 Å². The highest BCUT2D eigenvalue weighted by Crippen LogP contribution is 2.13. The molecule has 1 heteroatoms. The smallest absolute Gasteiger partial charge is 0.0241 e. The van der Waals surface area contributed by atoms with Crippen LogP contribution in [-0.2, 0) is 0 Å². The Morgan fingerprint density at radius 2 is 1.44 bits per heavy atom. The number of hydrogen-bond acceptors (Lipinski definition) is 0. The predicted molar refractivity (Wildman–Crippen MR) is 46.5 cm³/mol. The SMILES string of the molecule is C=CC(Br)=C(C=C)C=C. The molecule has 9 heavy (non-hydrogen) atoms. The van der Waals surface area contributed by atoms with Crippen LogP contribution in [0.1, 0.15) is 0 Å². The van der Waals surface area contributed by atoms with Crippen molar-refractivity contribution in [3.63, 3.8) is 0 Å². The maximum Gasteiger partial charge on any atom is 0.0241 e. The predicted octanol–water partition coefficient (Wildman–Crippen LogP) is 3.19. The Morgan fingerprint density at radius 3 is 1.56 bits per heavy atom. The number of hydrogen-bond donors (Lipinski definition) is 0. The van der Waals surface area contributed by atoms with Gasteiger partial charge >= 0.3 is 0 Å². The first-order valence-corrected chi connectivity index (χ1v) is 3.32. The molecule has 0 aromatic heterocycles. The largest absolute Gasteiger partial charge is 0.0984 e. The van der Waals surface area contributed by atoms with E-state index in [2.05, 4.69) is 35.7 Å². The van der Waals surface area contributed by atoms with Crippen molar-refractivity contribution in [3.8, 4) is 0 Å². The summed E-state index contributed by atoms with van der Waals surface area (Å²) in [5.74, 6) is 0. The van der Waals surface area contributed by atoms with Crippen molar-refractivity contribution < 1.29 is 0 Å². The molecule has 0 aliphatic rings. The quantitative estimate of drug-likeness (QED) is 0.592. The molecule has 48 valence electrons. The van der Waals surface area contributed by atoms with Crippen LogP contribution in [0.5, 0.6) is 0 Å². The molecule has 0 rings (SSSR count). The minimum atomic E-state index is 0.924. The first-order valence-electron chi connectivity index (χ1n) is 2.53. The van der Waals surface area contributed by atoms with Gasteiger partial charge in [-0.05, 0) is 5.57 Å². The van der Waals surface area contributed by atoms with Gasteiger partial charge < -0.3 is 0 Å². The van der Waals surface area contributed by atoms with Gasteiger partial charge in [-0.15, -0.1) is 0 Å². The lowest BCUT2D eigenvalue weighted by atomic mass is 10.2. The third-order valence-electron chi connectivity index (χ3n) is 0.895. The molecule has 0 fully saturated rings. The van der Waals surface area contributed by atoms with Crippen molar-refractivity contribution in [2.24, 2.45) is 0 Å². The number of halogens is 1. The van der Waals surface area contributed by atoms with E-state index in [9.17, 15) is 0 Å². The van der Waals surface area contributed by atoms with Crippen LogP contribution in [0, 0.1) is 0 Å². The van der Waals surface area contributed by atoms with E-state index < -0.39 is 0 Å². The standard InChI is InChI=1S/C8H9Br/c1-4-7(5-2)8(9)6-3/h4-6H,1-3H2. The zero-order valence-corrected chi connectivity index (χ0v) is 6.82. The highest BCUT2D eigenvalue weighted by Gasteiger charge is 1.87. The average molecular weight is 185 g/mol. The highest BCUT2D eigenvalue weighted by atomic mass is 79.9. The van der Waals surface area contributed by atoms with Crippen molar-refractivity contribution in [1.82, 2.24) is 0 Å². The fraction of sp³-hybridized carbons (Fsp3) is 0. The van der Waals surface area contributed by atoms with Crippen molar-refractivity contribution in [2.75, 3.05) is 0 Å². The van der Waals surface area contributed by atoms with Crippen molar-refractivity contribution >= 4 is 15.9 Å². The second-order valence-electron chi connectivity index (χ2n) is 1.42. The zero-order valence-electron chi connectivity index (χ0n) is 5.23. The van der Waals surface area contributed by atoms with E-state index in [1.165, 1.54) is 0 Å². The molecule has 0 atom stereocenters. The van der Waals surface area contributed by atoms with Gasteiger partial charge in [-0.2, -0.15) is 0 Å². The van der Waals surface area contributed by atoms with Gasteiger partial charge in [0.1, 0.15) is 0 Å². The van der Waals surface area contributed by atoms with Gasteiger partial charge in [0.15, 0.2) is 0 Å². The first-order chi connectivity index (χ1) is 4.26. The van der Waals surface area contributed by atoms with Crippen molar-refractivity contribution in [3.05, 3.63) is 48.0 Å². The molecule has 0 unspecified atom stereocenters. The molecule has 0 N–H and O–H groups in total. The van der Waals surface area contributed by atoms with E-state index in [0.717, 1.165) is 10.1 Å². The molecule has 0 radical (unpaired) electrons. The molecule has 0 bridgehead atoms. The van der Waals surface area contributed by atoms with E-state index in [4.69, 9.17) is 0 Å². The molecule has 0 aliphatic carbocycles. The lowest BCUT2D eigenvalue weighted by molar-refractivity contribution is 1.71. The first kappa shape index (κ1) is 8.44. The summed E-state index contributed by atoms with van der Waals surface area (Å²) in [5, 5.41) is 0. The maximum atomic E-state index is 3.59. The van der Waals surface area contributed by atoms with Gasteiger partial charge in [-0.25, -0.2) is 0 Å². The minimum absolute atomic E-state index is 0.924. The summed E-state index contributed by atoms with van der Waals surface area (Å²) in [7, 11) is 0. The van der Waals surface area contributed by atoms with E-state index in [1.54, 1.807) is 18.2 Å².